The van der Waals surface area contributed by atoms with Gasteiger partial charge in [0.05, 0.1) is 4.90 Å². The number of carbonyl (C=O) groups is 1. The minimum absolute atomic E-state index is 0.114. The molecule has 5 nitrogen and oxygen atoms in total. The van der Waals surface area contributed by atoms with Crippen molar-refractivity contribution in [2.75, 3.05) is 6.26 Å². The summed E-state index contributed by atoms with van der Waals surface area (Å²) in [6.45, 7) is 2.13. The van der Waals surface area contributed by atoms with Crippen molar-refractivity contribution in [3.05, 3.63) is 29.8 Å². The first kappa shape index (κ1) is 14.7. The normalized spacial score (nSPS) is 13.1. The van der Waals surface area contributed by atoms with Crippen LogP contribution in [0.4, 0.5) is 0 Å². The van der Waals surface area contributed by atoms with E-state index in [1.165, 1.54) is 12.1 Å². The molecular formula is C12H18N2O3S. The van der Waals surface area contributed by atoms with Gasteiger partial charge in [-0.3, -0.25) is 4.79 Å². The molecule has 0 aliphatic carbocycles. The Bertz CT molecular complexity index is 507. The van der Waals surface area contributed by atoms with Crippen molar-refractivity contribution in [3.63, 3.8) is 0 Å². The van der Waals surface area contributed by atoms with E-state index in [9.17, 15) is 13.2 Å². The Hall–Kier alpha value is -1.40. The summed E-state index contributed by atoms with van der Waals surface area (Å²) in [4.78, 5) is 11.6. The van der Waals surface area contributed by atoms with Crippen LogP contribution in [0.2, 0.25) is 0 Å². The lowest BCUT2D eigenvalue weighted by molar-refractivity contribution is -0.121. The van der Waals surface area contributed by atoms with Gasteiger partial charge in [0, 0.05) is 25.3 Å². The van der Waals surface area contributed by atoms with Crippen LogP contribution in [-0.2, 0) is 21.2 Å². The van der Waals surface area contributed by atoms with Crippen LogP contribution in [0, 0.1) is 0 Å². The van der Waals surface area contributed by atoms with Crippen molar-refractivity contribution in [2.24, 2.45) is 5.73 Å². The Balaban J connectivity index is 2.57. The van der Waals surface area contributed by atoms with E-state index in [-0.39, 0.29) is 23.3 Å². The van der Waals surface area contributed by atoms with Gasteiger partial charge in [-0.2, -0.15) is 0 Å². The van der Waals surface area contributed by atoms with Gasteiger partial charge in [-0.1, -0.05) is 12.1 Å². The number of nitrogens with two attached hydrogens (primary N) is 1. The Morgan fingerprint density at radius 2 is 1.89 bits per heavy atom. The second-order valence-corrected chi connectivity index (χ2v) is 6.39. The van der Waals surface area contributed by atoms with Crippen molar-refractivity contribution < 1.29 is 13.2 Å². The van der Waals surface area contributed by atoms with Gasteiger partial charge in [-0.25, -0.2) is 8.42 Å². The monoisotopic (exact) mass is 270 g/mol. The van der Waals surface area contributed by atoms with E-state index < -0.39 is 9.84 Å². The van der Waals surface area contributed by atoms with Gasteiger partial charge in [0.15, 0.2) is 9.84 Å². The highest BCUT2D eigenvalue weighted by atomic mass is 32.2. The van der Waals surface area contributed by atoms with Gasteiger partial charge in [0.1, 0.15) is 0 Å². The van der Waals surface area contributed by atoms with E-state index in [1.807, 2.05) is 0 Å². The lowest BCUT2D eigenvalue weighted by Crippen LogP contribution is -2.29. The lowest BCUT2D eigenvalue weighted by atomic mass is 10.2. The van der Waals surface area contributed by atoms with Crippen LogP contribution in [0.15, 0.2) is 29.2 Å². The molecule has 1 aromatic carbocycles. The second kappa shape index (κ2) is 5.97. The summed E-state index contributed by atoms with van der Waals surface area (Å²) in [7, 11) is -3.17. The third kappa shape index (κ3) is 4.85. The number of nitrogens with one attached hydrogen (secondary N) is 1. The molecule has 0 heterocycles. The van der Waals surface area contributed by atoms with Crippen LogP contribution in [-0.4, -0.2) is 26.6 Å². The summed E-state index contributed by atoms with van der Waals surface area (Å²) in [5.41, 5.74) is 6.35. The average molecular weight is 270 g/mol. The maximum absolute atomic E-state index is 11.4. The van der Waals surface area contributed by atoms with Gasteiger partial charge in [0.2, 0.25) is 5.91 Å². The third-order valence-corrected chi connectivity index (χ3v) is 3.48. The summed E-state index contributed by atoms with van der Waals surface area (Å²) in [5.74, 6) is -0.114. The minimum atomic E-state index is -3.17. The Morgan fingerprint density at radius 3 is 2.33 bits per heavy atom. The number of hydrogen-bond donors (Lipinski definition) is 2. The third-order valence-electron chi connectivity index (χ3n) is 2.35. The predicted octanol–water partition coefficient (Wildman–Crippen LogP) is 0.444. The molecule has 0 aromatic heterocycles. The number of sulfone groups is 1. The van der Waals surface area contributed by atoms with Gasteiger partial charge in [-0.05, 0) is 24.6 Å². The number of rotatable bonds is 5. The first-order valence-electron chi connectivity index (χ1n) is 5.60. The molecule has 6 heteroatoms. The molecule has 1 rings (SSSR count). The van der Waals surface area contributed by atoms with Crippen molar-refractivity contribution in [1.82, 2.24) is 5.32 Å². The quantitative estimate of drug-likeness (QED) is 0.812. The smallest absolute Gasteiger partial charge is 0.221 e. The maximum atomic E-state index is 11.4. The Morgan fingerprint density at radius 1 is 1.33 bits per heavy atom. The summed E-state index contributed by atoms with van der Waals surface area (Å²) < 4.78 is 22.5. The molecule has 0 saturated carbocycles. The largest absolute Gasteiger partial charge is 0.352 e. The van der Waals surface area contributed by atoms with Crippen LogP contribution in [0.5, 0.6) is 0 Å². The molecule has 1 aromatic rings. The summed E-state index contributed by atoms with van der Waals surface area (Å²) in [6, 6.07) is 6.26. The molecule has 0 fully saturated rings. The van der Waals surface area contributed by atoms with E-state index in [2.05, 4.69) is 5.32 Å². The first-order chi connectivity index (χ1) is 8.29. The summed E-state index contributed by atoms with van der Waals surface area (Å²) in [5, 5.41) is 2.72. The van der Waals surface area contributed by atoms with Crippen molar-refractivity contribution in [2.45, 2.75) is 30.8 Å². The van der Waals surface area contributed by atoms with Crippen LogP contribution < -0.4 is 11.1 Å². The molecule has 3 N–H and O–H groups in total. The fraction of sp³-hybridized carbons (Fsp3) is 0.417. The zero-order chi connectivity index (χ0) is 13.8. The van der Waals surface area contributed by atoms with Crippen LogP contribution in [0.3, 0.4) is 0 Å². The Labute approximate surface area is 107 Å². The molecule has 0 bridgehead atoms. The van der Waals surface area contributed by atoms with E-state index in [1.54, 1.807) is 19.1 Å². The second-order valence-electron chi connectivity index (χ2n) is 4.37. The van der Waals surface area contributed by atoms with Gasteiger partial charge in [0.25, 0.3) is 0 Å². The molecule has 0 aliphatic heterocycles. The lowest BCUT2D eigenvalue weighted by Gasteiger charge is -2.07. The van der Waals surface area contributed by atoms with Crippen LogP contribution >= 0.6 is 0 Å². The molecule has 1 atom stereocenters. The highest BCUT2D eigenvalue weighted by Crippen LogP contribution is 2.10. The molecule has 0 spiro atoms. The van der Waals surface area contributed by atoms with Gasteiger partial charge >= 0.3 is 0 Å². The van der Waals surface area contributed by atoms with Crippen molar-refractivity contribution >= 4 is 15.7 Å². The molecular weight excluding hydrogens is 252 g/mol. The molecule has 1 unspecified atom stereocenters. The number of amides is 1. The summed E-state index contributed by atoms with van der Waals surface area (Å²) >= 11 is 0. The van der Waals surface area contributed by atoms with Crippen molar-refractivity contribution in [1.29, 1.82) is 0 Å². The SMILES string of the molecule is CC(N)CC(=O)NCc1ccc(S(C)(=O)=O)cc1. The highest BCUT2D eigenvalue weighted by Gasteiger charge is 2.07. The number of hydrogen-bond acceptors (Lipinski definition) is 4. The molecule has 0 saturated heterocycles. The standard InChI is InChI=1S/C12H18N2O3S/c1-9(13)7-12(15)14-8-10-3-5-11(6-4-10)18(2,16)17/h3-6,9H,7-8,13H2,1-2H3,(H,14,15). The molecule has 1 amide bonds. The summed E-state index contributed by atoms with van der Waals surface area (Å²) in [6.07, 6.45) is 1.44. The topological polar surface area (TPSA) is 89.3 Å². The fourth-order valence-electron chi connectivity index (χ4n) is 1.42. The highest BCUT2D eigenvalue weighted by molar-refractivity contribution is 7.90. The zero-order valence-corrected chi connectivity index (χ0v) is 11.3. The van der Waals surface area contributed by atoms with E-state index in [0.717, 1.165) is 11.8 Å². The van der Waals surface area contributed by atoms with Crippen molar-refractivity contribution in [3.8, 4) is 0 Å². The Kier molecular flexibility index (Phi) is 4.86. The number of carbonyl (C=O) groups excluding carboxylic acids is 1. The van der Waals surface area contributed by atoms with E-state index in [0.29, 0.717) is 6.54 Å². The first-order valence-corrected chi connectivity index (χ1v) is 7.49. The molecule has 18 heavy (non-hydrogen) atoms. The fourth-order valence-corrected chi connectivity index (χ4v) is 2.05. The maximum Gasteiger partial charge on any atom is 0.221 e. The zero-order valence-electron chi connectivity index (χ0n) is 10.5. The molecule has 0 radical (unpaired) electrons. The van der Waals surface area contributed by atoms with Crippen LogP contribution in [0.25, 0.3) is 0 Å². The van der Waals surface area contributed by atoms with Gasteiger partial charge < -0.3 is 11.1 Å². The van der Waals surface area contributed by atoms with E-state index >= 15 is 0 Å². The molecule has 100 valence electrons. The molecule has 0 aliphatic rings. The van der Waals surface area contributed by atoms with E-state index in [4.69, 9.17) is 5.73 Å². The minimum Gasteiger partial charge on any atom is -0.352 e. The average Bonchev–Trinajstić information content (AvgIpc) is 2.25. The van der Waals surface area contributed by atoms with Gasteiger partial charge in [-0.15, -0.1) is 0 Å². The predicted molar refractivity (Wildman–Crippen MR) is 69.7 cm³/mol. The number of benzene rings is 1. The van der Waals surface area contributed by atoms with Crippen LogP contribution in [0.1, 0.15) is 18.9 Å².